The van der Waals surface area contributed by atoms with Crippen LogP contribution in [0.5, 0.6) is 0 Å². The maximum atomic E-state index is 5.53. The van der Waals surface area contributed by atoms with Gasteiger partial charge in [-0.25, -0.2) is 0 Å². The van der Waals surface area contributed by atoms with Crippen molar-refractivity contribution in [1.29, 1.82) is 0 Å². The SMILES string of the molecule is CCOCC1(CNCCOC)CCC1. The van der Waals surface area contributed by atoms with Crippen LogP contribution in [-0.2, 0) is 9.47 Å². The lowest BCUT2D eigenvalue weighted by Crippen LogP contribution is -2.44. The van der Waals surface area contributed by atoms with E-state index in [4.69, 9.17) is 9.47 Å². The summed E-state index contributed by atoms with van der Waals surface area (Å²) >= 11 is 0. The summed E-state index contributed by atoms with van der Waals surface area (Å²) in [5, 5.41) is 3.43. The minimum Gasteiger partial charge on any atom is -0.383 e. The first kappa shape index (κ1) is 12.0. The normalized spacial score (nSPS) is 19.3. The highest BCUT2D eigenvalue weighted by Crippen LogP contribution is 2.40. The van der Waals surface area contributed by atoms with Gasteiger partial charge in [0.25, 0.3) is 0 Å². The highest BCUT2D eigenvalue weighted by atomic mass is 16.5. The molecule has 0 amide bonds. The Morgan fingerprint density at radius 1 is 1.36 bits per heavy atom. The maximum absolute atomic E-state index is 5.53. The molecule has 0 unspecified atom stereocenters. The number of nitrogens with one attached hydrogen (secondary N) is 1. The lowest BCUT2D eigenvalue weighted by Gasteiger charge is -2.41. The van der Waals surface area contributed by atoms with Gasteiger partial charge in [-0.3, -0.25) is 0 Å². The molecule has 3 nitrogen and oxygen atoms in total. The summed E-state index contributed by atoms with van der Waals surface area (Å²) in [4.78, 5) is 0. The van der Waals surface area contributed by atoms with E-state index in [9.17, 15) is 0 Å². The smallest absolute Gasteiger partial charge is 0.0587 e. The fraction of sp³-hybridized carbons (Fsp3) is 1.00. The second-order valence-electron chi connectivity index (χ2n) is 4.16. The molecule has 0 aliphatic heterocycles. The van der Waals surface area contributed by atoms with E-state index in [1.54, 1.807) is 7.11 Å². The van der Waals surface area contributed by atoms with E-state index in [0.29, 0.717) is 5.41 Å². The molecule has 0 spiro atoms. The first-order chi connectivity index (χ1) is 6.83. The van der Waals surface area contributed by atoms with E-state index in [1.165, 1.54) is 19.3 Å². The summed E-state index contributed by atoms with van der Waals surface area (Å²) in [6.07, 6.45) is 3.99. The zero-order valence-electron chi connectivity index (χ0n) is 9.47. The second-order valence-corrected chi connectivity index (χ2v) is 4.16. The van der Waals surface area contributed by atoms with Crippen molar-refractivity contribution < 1.29 is 9.47 Å². The van der Waals surface area contributed by atoms with Gasteiger partial charge in [-0.15, -0.1) is 0 Å². The van der Waals surface area contributed by atoms with Gasteiger partial charge in [0.05, 0.1) is 13.2 Å². The third kappa shape index (κ3) is 3.56. The van der Waals surface area contributed by atoms with Crippen molar-refractivity contribution in [2.75, 3.05) is 40.0 Å². The van der Waals surface area contributed by atoms with Gasteiger partial charge in [-0.05, 0) is 19.8 Å². The van der Waals surface area contributed by atoms with Gasteiger partial charge in [0.15, 0.2) is 0 Å². The Hall–Kier alpha value is -0.120. The lowest BCUT2D eigenvalue weighted by atomic mass is 9.69. The summed E-state index contributed by atoms with van der Waals surface area (Å²) in [5.74, 6) is 0. The van der Waals surface area contributed by atoms with Crippen LogP contribution in [0, 0.1) is 5.41 Å². The molecule has 84 valence electrons. The van der Waals surface area contributed by atoms with Crippen LogP contribution in [-0.4, -0.2) is 40.0 Å². The number of hydrogen-bond donors (Lipinski definition) is 1. The molecular weight excluding hydrogens is 178 g/mol. The number of methoxy groups -OCH3 is 1. The van der Waals surface area contributed by atoms with E-state index in [-0.39, 0.29) is 0 Å². The van der Waals surface area contributed by atoms with E-state index >= 15 is 0 Å². The number of ether oxygens (including phenoxy) is 2. The summed E-state index contributed by atoms with van der Waals surface area (Å²) < 4.78 is 10.5. The summed E-state index contributed by atoms with van der Waals surface area (Å²) in [5.41, 5.74) is 0.434. The fourth-order valence-corrected chi connectivity index (χ4v) is 1.90. The quantitative estimate of drug-likeness (QED) is 0.603. The minimum absolute atomic E-state index is 0.434. The van der Waals surface area contributed by atoms with Crippen LogP contribution >= 0.6 is 0 Å². The molecule has 1 N–H and O–H groups in total. The molecule has 1 rings (SSSR count). The number of hydrogen-bond acceptors (Lipinski definition) is 3. The second kappa shape index (κ2) is 6.38. The average molecular weight is 201 g/mol. The van der Waals surface area contributed by atoms with Crippen LogP contribution in [0.2, 0.25) is 0 Å². The Morgan fingerprint density at radius 2 is 2.14 bits per heavy atom. The van der Waals surface area contributed by atoms with Crippen molar-refractivity contribution in [2.45, 2.75) is 26.2 Å². The van der Waals surface area contributed by atoms with Crippen LogP contribution in [0.4, 0.5) is 0 Å². The Balaban J connectivity index is 2.10. The van der Waals surface area contributed by atoms with Crippen molar-refractivity contribution in [1.82, 2.24) is 5.32 Å². The molecule has 14 heavy (non-hydrogen) atoms. The standard InChI is InChI=1S/C11H23NO2/c1-3-14-10-11(5-4-6-11)9-12-7-8-13-2/h12H,3-10H2,1-2H3. The number of rotatable bonds is 8. The molecule has 1 saturated carbocycles. The van der Waals surface area contributed by atoms with Crippen LogP contribution in [0.1, 0.15) is 26.2 Å². The zero-order valence-corrected chi connectivity index (χ0v) is 9.47. The van der Waals surface area contributed by atoms with Crippen LogP contribution < -0.4 is 5.32 Å². The Labute approximate surface area is 87.2 Å². The van der Waals surface area contributed by atoms with Gasteiger partial charge in [-0.1, -0.05) is 6.42 Å². The third-order valence-corrected chi connectivity index (χ3v) is 3.01. The summed E-state index contributed by atoms with van der Waals surface area (Å²) in [7, 11) is 1.74. The van der Waals surface area contributed by atoms with Gasteiger partial charge in [-0.2, -0.15) is 0 Å². The summed E-state index contributed by atoms with van der Waals surface area (Å²) in [6.45, 7) is 6.64. The molecule has 3 heteroatoms. The van der Waals surface area contributed by atoms with Crippen molar-refractivity contribution >= 4 is 0 Å². The van der Waals surface area contributed by atoms with Crippen molar-refractivity contribution in [3.8, 4) is 0 Å². The van der Waals surface area contributed by atoms with Crippen molar-refractivity contribution in [3.63, 3.8) is 0 Å². The molecule has 0 aromatic heterocycles. The minimum atomic E-state index is 0.434. The predicted octanol–water partition coefficient (Wildman–Crippen LogP) is 1.43. The van der Waals surface area contributed by atoms with Gasteiger partial charge in [0, 0.05) is 32.2 Å². The largest absolute Gasteiger partial charge is 0.383 e. The average Bonchev–Trinajstić information content (AvgIpc) is 2.15. The summed E-state index contributed by atoms with van der Waals surface area (Å²) in [6, 6.07) is 0. The van der Waals surface area contributed by atoms with E-state index in [2.05, 4.69) is 12.2 Å². The first-order valence-electron chi connectivity index (χ1n) is 5.60. The van der Waals surface area contributed by atoms with Gasteiger partial charge < -0.3 is 14.8 Å². The Bertz CT molecular complexity index is 146. The fourth-order valence-electron chi connectivity index (χ4n) is 1.90. The Morgan fingerprint density at radius 3 is 2.64 bits per heavy atom. The monoisotopic (exact) mass is 201 g/mol. The van der Waals surface area contributed by atoms with E-state index in [1.807, 2.05) is 0 Å². The zero-order chi connectivity index (χ0) is 10.3. The molecule has 0 heterocycles. The highest BCUT2D eigenvalue weighted by molar-refractivity contribution is 4.89. The van der Waals surface area contributed by atoms with E-state index in [0.717, 1.165) is 32.9 Å². The van der Waals surface area contributed by atoms with Gasteiger partial charge in [0.2, 0.25) is 0 Å². The van der Waals surface area contributed by atoms with Crippen molar-refractivity contribution in [3.05, 3.63) is 0 Å². The van der Waals surface area contributed by atoms with E-state index < -0.39 is 0 Å². The molecular formula is C11H23NO2. The molecule has 1 aliphatic rings. The van der Waals surface area contributed by atoms with Crippen LogP contribution in [0.3, 0.4) is 0 Å². The van der Waals surface area contributed by atoms with Crippen molar-refractivity contribution in [2.24, 2.45) is 5.41 Å². The van der Waals surface area contributed by atoms with Crippen LogP contribution in [0.15, 0.2) is 0 Å². The predicted molar refractivity (Wildman–Crippen MR) is 57.5 cm³/mol. The molecule has 1 aliphatic carbocycles. The first-order valence-corrected chi connectivity index (χ1v) is 5.60. The molecule has 0 aromatic rings. The third-order valence-electron chi connectivity index (χ3n) is 3.01. The maximum Gasteiger partial charge on any atom is 0.0587 e. The molecule has 0 aromatic carbocycles. The Kier molecular flexibility index (Phi) is 5.45. The molecule has 1 fully saturated rings. The van der Waals surface area contributed by atoms with Crippen LogP contribution in [0.25, 0.3) is 0 Å². The van der Waals surface area contributed by atoms with Gasteiger partial charge in [0.1, 0.15) is 0 Å². The molecule has 0 radical (unpaired) electrons. The van der Waals surface area contributed by atoms with Gasteiger partial charge >= 0.3 is 0 Å². The molecule has 0 saturated heterocycles. The lowest BCUT2D eigenvalue weighted by molar-refractivity contribution is -0.00147. The topological polar surface area (TPSA) is 30.5 Å². The molecule has 0 atom stereocenters. The molecule has 0 bridgehead atoms. The highest BCUT2D eigenvalue weighted by Gasteiger charge is 2.36.